The highest BCUT2D eigenvalue weighted by atomic mass is 16.5. The van der Waals surface area contributed by atoms with Gasteiger partial charge in [0, 0.05) is 12.8 Å². The lowest BCUT2D eigenvalue weighted by Gasteiger charge is -2.22. The van der Waals surface area contributed by atoms with Crippen molar-refractivity contribution in [2.24, 2.45) is 0 Å². The number of aliphatic hydroxyl groups is 2. The van der Waals surface area contributed by atoms with E-state index in [9.17, 15) is 19.8 Å². The Morgan fingerprint density at radius 1 is 0.400 bits per heavy atom. The predicted molar refractivity (Wildman–Crippen MR) is 306 cm³/mol. The fourth-order valence-corrected chi connectivity index (χ4v) is 9.91. The number of carbonyl (C=O) groups excluding carboxylic acids is 2. The van der Waals surface area contributed by atoms with E-state index in [0.29, 0.717) is 25.9 Å². The maximum Gasteiger partial charge on any atom is 0.305 e. The fourth-order valence-electron chi connectivity index (χ4n) is 9.91. The van der Waals surface area contributed by atoms with E-state index >= 15 is 0 Å². The Hall–Kier alpha value is -1.66. The molecule has 0 heterocycles. The zero-order valence-corrected chi connectivity index (χ0v) is 47.3. The summed E-state index contributed by atoms with van der Waals surface area (Å²) in [5, 5.41) is 23.3. The van der Waals surface area contributed by atoms with Gasteiger partial charge in [-0.1, -0.05) is 301 Å². The van der Waals surface area contributed by atoms with Crippen LogP contribution in [0.15, 0.2) is 24.3 Å². The Morgan fingerprint density at radius 2 is 0.714 bits per heavy atom. The average Bonchev–Trinajstić information content (AvgIpc) is 3.36. The highest BCUT2D eigenvalue weighted by Crippen LogP contribution is 2.18. The Kier molecular flexibility index (Phi) is 58.5. The Labute approximate surface area is 437 Å². The van der Waals surface area contributed by atoms with E-state index in [-0.39, 0.29) is 18.5 Å². The van der Waals surface area contributed by atoms with Crippen LogP contribution in [0.2, 0.25) is 0 Å². The standard InChI is InChI=1S/C64H123NO5/c1-3-5-7-9-11-13-15-17-19-20-22-26-30-34-38-42-46-50-54-58-64(69)70-59-55-51-47-43-39-35-31-27-24-21-23-25-29-33-37-41-45-49-53-57-63(68)65-61(60-66)62(67)56-52-48-44-40-36-32-28-18-16-14-12-10-8-6-4-2/h11,13,17,19,61-62,66-67H,3-10,12,14-16,18,20-60H2,1-2H3,(H,65,68)/b13-11-,19-17-. The monoisotopic (exact) mass is 986 g/mol. The number of rotatable bonds is 59. The maximum atomic E-state index is 12.5. The Morgan fingerprint density at radius 3 is 1.11 bits per heavy atom. The highest BCUT2D eigenvalue weighted by Gasteiger charge is 2.20. The van der Waals surface area contributed by atoms with Crippen molar-refractivity contribution in [3.05, 3.63) is 24.3 Å². The summed E-state index contributed by atoms with van der Waals surface area (Å²) < 4.78 is 5.50. The second kappa shape index (κ2) is 59.9. The number of hydrogen-bond acceptors (Lipinski definition) is 5. The first-order valence-electron chi connectivity index (χ1n) is 31.6. The summed E-state index contributed by atoms with van der Waals surface area (Å²) in [5.74, 6) is -0.0299. The van der Waals surface area contributed by atoms with E-state index in [1.165, 1.54) is 263 Å². The van der Waals surface area contributed by atoms with Crippen molar-refractivity contribution in [1.82, 2.24) is 5.32 Å². The molecule has 6 heteroatoms. The molecule has 3 N–H and O–H groups in total. The van der Waals surface area contributed by atoms with Crippen LogP contribution in [0, 0.1) is 0 Å². The van der Waals surface area contributed by atoms with Crippen LogP contribution in [0.5, 0.6) is 0 Å². The van der Waals surface area contributed by atoms with Crippen LogP contribution >= 0.6 is 0 Å². The molecule has 2 atom stereocenters. The van der Waals surface area contributed by atoms with Gasteiger partial charge in [0.1, 0.15) is 0 Å². The second-order valence-corrected chi connectivity index (χ2v) is 21.7. The summed E-state index contributed by atoms with van der Waals surface area (Å²) in [6.07, 6.45) is 73.2. The van der Waals surface area contributed by atoms with Crippen LogP contribution in [0.25, 0.3) is 0 Å². The highest BCUT2D eigenvalue weighted by molar-refractivity contribution is 5.76. The van der Waals surface area contributed by atoms with Crippen molar-refractivity contribution in [1.29, 1.82) is 0 Å². The predicted octanol–water partition coefficient (Wildman–Crippen LogP) is 19.8. The van der Waals surface area contributed by atoms with Crippen molar-refractivity contribution in [2.75, 3.05) is 13.2 Å². The molecule has 0 bridgehead atoms. The molecule has 0 aliphatic carbocycles. The summed E-state index contributed by atoms with van der Waals surface area (Å²) >= 11 is 0. The van der Waals surface area contributed by atoms with Crippen LogP contribution in [0.4, 0.5) is 0 Å². The molecule has 0 saturated heterocycles. The molecule has 0 spiro atoms. The zero-order chi connectivity index (χ0) is 50.7. The molecule has 0 fully saturated rings. The van der Waals surface area contributed by atoms with Gasteiger partial charge in [0.25, 0.3) is 0 Å². The average molecular weight is 987 g/mol. The van der Waals surface area contributed by atoms with Gasteiger partial charge in [0.05, 0.1) is 25.4 Å². The minimum atomic E-state index is -0.666. The molecule has 0 aromatic carbocycles. The molecule has 6 nitrogen and oxygen atoms in total. The van der Waals surface area contributed by atoms with Gasteiger partial charge in [-0.05, 0) is 57.8 Å². The van der Waals surface area contributed by atoms with Crippen molar-refractivity contribution >= 4 is 11.9 Å². The summed E-state index contributed by atoms with van der Waals surface area (Å²) in [5.41, 5.74) is 0. The molecule has 0 aliphatic heterocycles. The molecule has 70 heavy (non-hydrogen) atoms. The number of esters is 1. The Balaban J connectivity index is 3.38. The fraction of sp³-hybridized carbons (Fsp3) is 0.906. The van der Waals surface area contributed by atoms with Gasteiger partial charge < -0.3 is 20.3 Å². The number of hydrogen-bond donors (Lipinski definition) is 3. The normalized spacial score (nSPS) is 12.7. The zero-order valence-electron chi connectivity index (χ0n) is 47.3. The van der Waals surface area contributed by atoms with Crippen molar-refractivity contribution < 1.29 is 24.5 Å². The molecule has 0 radical (unpaired) electrons. The van der Waals surface area contributed by atoms with Crippen molar-refractivity contribution in [3.8, 4) is 0 Å². The van der Waals surface area contributed by atoms with E-state index in [0.717, 1.165) is 51.4 Å². The van der Waals surface area contributed by atoms with Crippen molar-refractivity contribution in [2.45, 2.75) is 360 Å². The third-order valence-electron chi connectivity index (χ3n) is 14.8. The van der Waals surface area contributed by atoms with Gasteiger partial charge in [-0.25, -0.2) is 0 Å². The molecular weight excluding hydrogens is 863 g/mol. The number of amides is 1. The van der Waals surface area contributed by atoms with E-state index in [1.54, 1.807) is 0 Å². The van der Waals surface area contributed by atoms with E-state index in [2.05, 4.69) is 43.5 Å². The lowest BCUT2D eigenvalue weighted by molar-refractivity contribution is -0.143. The first-order valence-corrected chi connectivity index (χ1v) is 31.6. The minimum Gasteiger partial charge on any atom is -0.466 e. The molecule has 0 aliphatic rings. The molecule has 0 aromatic heterocycles. The molecule has 414 valence electrons. The lowest BCUT2D eigenvalue weighted by Crippen LogP contribution is -2.45. The topological polar surface area (TPSA) is 95.9 Å². The lowest BCUT2D eigenvalue weighted by atomic mass is 10.0. The van der Waals surface area contributed by atoms with Crippen LogP contribution < -0.4 is 5.32 Å². The third kappa shape index (κ3) is 55.7. The molecule has 1 amide bonds. The van der Waals surface area contributed by atoms with E-state index in [4.69, 9.17) is 4.74 Å². The second-order valence-electron chi connectivity index (χ2n) is 21.7. The van der Waals surface area contributed by atoms with Gasteiger partial charge in [-0.2, -0.15) is 0 Å². The molecular formula is C64H123NO5. The van der Waals surface area contributed by atoms with Crippen LogP contribution in [-0.4, -0.2) is 47.4 Å². The number of nitrogens with one attached hydrogen (secondary N) is 1. The SMILES string of the molecule is CCCCC/C=C\C/C=C\CCCCCCCCCCCC(=O)OCCCCCCCCCCCCCCCCCCCCCC(=O)NC(CO)C(O)CCCCCCCCCCCCCCCCC. The van der Waals surface area contributed by atoms with Crippen LogP contribution in [-0.2, 0) is 14.3 Å². The summed E-state index contributed by atoms with van der Waals surface area (Å²) in [7, 11) is 0. The quantitative estimate of drug-likeness (QED) is 0.0321. The van der Waals surface area contributed by atoms with E-state index < -0.39 is 12.1 Å². The van der Waals surface area contributed by atoms with Crippen LogP contribution in [0.3, 0.4) is 0 Å². The Bertz CT molecular complexity index is 1090. The number of carbonyl (C=O) groups is 2. The van der Waals surface area contributed by atoms with Crippen molar-refractivity contribution in [3.63, 3.8) is 0 Å². The van der Waals surface area contributed by atoms with E-state index in [1.807, 2.05) is 0 Å². The van der Waals surface area contributed by atoms with Gasteiger partial charge >= 0.3 is 5.97 Å². The number of unbranched alkanes of at least 4 members (excludes halogenated alkanes) is 44. The third-order valence-corrected chi connectivity index (χ3v) is 14.8. The molecule has 0 aromatic rings. The number of ether oxygens (including phenoxy) is 1. The first kappa shape index (κ1) is 68.3. The summed E-state index contributed by atoms with van der Waals surface area (Å²) in [6, 6.07) is -0.543. The smallest absolute Gasteiger partial charge is 0.305 e. The maximum absolute atomic E-state index is 12.5. The largest absolute Gasteiger partial charge is 0.466 e. The minimum absolute atomic E-state index is 0.00590. The van der Waals surface area contributed by atoms with Gasteiger partial charge in [0.15, 0.2) is 0 Å². The molecule has 0 rings (SSSR count). The van der Waals surface area contributed by atoms with Crippen LogP contribution in [0.1, 0.15) is 348 Å². The van der Waals surface area contributed by atoms with Gasteiger partial charge in [-0.15, -0.1) is 0 Å². The van der Waals surface area contributed by atoms with Gasteiger partial charge in [-0.3, -0.25) is 9.59 Å². The van der Waals surface area contributed by atoms with Gasteiger partial charge in [0.2, 0.25) is 5.91 Å². The molecule has 2 unspecified atom stereocenters. The number of aliphatic hydroxyl groups excluding tert-OH is 2. The number of allylic oxidation sites excluding steroid dienone is 4. The first-order chi connectivity index (χ1) is 34.5. The summed E-state index contributed by atoms with van der Waals surface area (Å²) in [6.45, 7) is 4.94. The summed E-state index contributed by atoms with van der Waals surface area (Å²) in [4.78, 5) is 24.6. The molecule has 0 saturated carbocycles.